The number of anilines is 1. The van der Waals surface area contributed by atoms with Gasteiger partial charge in [-0.05, 0) is 37.1 Å². The van der Waals surface area contributed by atoms with Gasteiger partial charge in [0.2, 0.25) is 5.91 Å². The van der Waals surface area contributed by atoms with Crippen molar-refractivity contribution in [2.45, 2.75) is 31.0 Å². The molecule has 0 spiro atoms. The molecule has 2 N–H and O–H groups in total. The van der Waals surface area contributed by atoms with Crippen LogP contribution in [0.5, 0.6) is 0 Å². The molecule has 0 saturated heterocycles. The Morgan fingerprint density at radius 3 is 2.34 bits per heavy atom. The van der Waals surface area contributed by atoms with Gasteiger partial charge < -0.3 is 4.84 Å². The number of benzene rings is 2. The van der Waals surface area contributed by atoms with Crippen molar-refractivity contribution in [2.75, 3.05) is 5.43 Å². The first kappa shape index (κ1) is 22.9. The van der Waals surface area contributed by atoms with E-state index in [4.69, 9.17) is 39.6 Å². The third kappa shape index (κ3) is 4.21. The SMILES string of the molecule is O=C(NNc1cc(C2=NO[C@](c3cc(Cl)c(F)c(Cl)c3)(C(F)(F)F)C2)ccc1Cl)C1CC1. The maximum absolute atomic E-state index is 14.1. The third-order valence-corrected chi connectivity index (χ3v) is 6.08. The van der Waals surface area contributed by atoms with E-state index in [1.54, 1.807) is 0 Å². The predicted molar refractivity (Wildman–Crippen MR) is 112 cm³/mol. The lowest BCUT2D eigenvalue weighted by atomic mass is 9.86. The Morgan fingerprint density at radius 2 is 1.75 bits per heavy atom. The molecule has 1 heterocycles. The molecule has 12 heteroatoms. The van der Waals surface area contributed by atoms with Crippen LogP contribution in [-0.2, 0) is 15.2 Å². The maximum Gasteiger partial charge on any atom is 0.435 e. The van der Waals surface area contributed by atoms with Crippen molar-refractivity contribution >= 4 is 52.1 Å². The molecule has 2 aromatic rings. The first-order chi connectivity index (χ1) is 15.0. The van der Waals surface area contributed by atoms with Gasteiger partial charge in [0.05, 0.1) is 26.5 Å². The van der Waals surface area contributed by atoms with E-state index in [2.05, 4.69) is 16.0 Å². The van der Waals surface area contributed by atoms with E-state index in [0.717, 1.165) is 25.0 Å². The lowest BCUT2D eigenvalue weighted by Gasteiger charge is -2.29. The van der Waals surface area contributed by atoms with E-state index in [1.165, 1.54) is 18.2 Å². The fraction of sp³-hybridized carbons (Fsp3) is 0.300. The standard InChI is InChI=1S/C20H14Cl3F4N3O2/c21-12-4-3-10(5-15(12)28-29-18(31)9-1-2-9)16-8-19(32-30-16,20(25,26)27)11-6-13(22)17(24)14(23)7-11/h3-7,9,28H,1-2,8H2,(H,29,31)/t19-/m1/s1. The molecule has 0 bridgehead atoms. The van der Waals surface area contributed by atoms with Gasteiger partial charge in [0.25, 0.3) is 5.60 Å². The topological polar surface area (TPSA) is 62.7 Å². The van der Waals surface area contributed by atoms with Crippen molar-refractivity contribution in [1.29, 1.82) is 0 Å². The monoisotopic (exact) mass is 509 g/mol. The van der Waals surface area contributed by atoms with Gasteiger partial charge in [-0.2, -0.15) is 13.2 Å². The zero-order chi connectivity index (χ0) is 23.3. The van der Waals surface area contributed by atoms with Gasteiger partial charge in [0.15, 0.2) is 5.82 Å². The highest BCUT2D eigenvalue weighted by atomic mass is 35.5. The van der Waals surface area contributed by atoms with E-state index < -0.39 is 39.6 Å². The van der Waals surface area contributed by atoms with E-state index in [9.17, 15) is 22.4 Å². The molecule has 170 valence electrons. The molecule has 32 heavy (non-hydrogen) atoms. The van der Waals surface area contributed by atoms with Crippen molar-refractivity contribution in [2.24, 2.45) is 11.1 Å². The van der Waals surface area contributed by atoms with Crippen LogP contribution >= 0.6 is 34.8 Å². The number of rotatable bonds is 5. The summed E-state index contributed by atoms with van der Waals surface area (Å²) in [6.07, 6.45) is -4.04. The molecule has 1 saturated carbocycles. The van der Waals surface area contributed by atoms with E-state index in [0.29, 0.717) is 0 Å². The van der Waals surface area contributed by atoms with Crippen molar-refractivity contribution in [3.05, 3.63) is 62.3 Å². The second-order valence-corrected chi connectivity index (χ2v) is 8.69. The number of hydrogen-bond donors (Lipinski definition) is 2. The molecular formula is C20H14Cl3F4N3O2. The van der Waals surface area contributed by atoms with E-state index >= 15 is 0 Å². The molecule has 1 aliphatic heterocycles. The van der Waals surface area contributed by atoms with Gasteiger partial charge >= 0.3 is 6.18 Å². The van der Waals surface area contributed by atoms with Crippen LogP contribution in [-0.4, -0.2) is 17.8 Å². The number of carbonyl (C=O) groups is 1. The molecule has 2 aromatic carbocycles. The number of halogens is 7. The Morgan fingerprint density at radius 1 is 1.09 bits per heavy atom. The zero-order valence-corrected chi connectivity index (χ0v) is 18.3. The number of nitrogens with zero attached hydrogens (tertiary/aromatic N) is 1. The number of nitrogens with one attached hydrogen (secondary N) is 2. The summed E-state index contributed by atoms with van der Waals surface area (Å²) in [6.45, 7) is 0. The average molecular weight is 511 g/mol. The van der Waals surface area contributed by atoms with Crippen molar-refractivity contribution in [1.82, 2.24) is 5.43 Å². The van der Waals surface area contributed by atoms with Crippen LogP contribution < -0.4 is 10.9 Å². The lowest BCUT2D eigenvalue weighted by Crippen LogP contribution is -2.42. The van der Waals surface area contributed by atoms with Crippen LogP contribution in [0, 0.1) is 11.7 Å². The number of alkyl halides is 3. The summed E-state index contributed by atoms with van der Waals surface area (Å²) >= 11 is 17.5. The second kappa shape index (κ2) is 8.28. The molecule has 2 aliphatic rings. The number of amides is 1. The maximum atomic E-state index is 14.1. The Balaban J connectivity index is 1.62. The largest absolute Gasteiger partial charge is 0.435 e. The first-order valence-corrected chi connectivity index (χ1v) is 10.5. The Kier molecular flexibility index (Phi) is 5.94. The Labute approximate surface area is 194 Å². The fourth-order valence-corrected chi connectivity index (χ4v) is 3.88. The summed E-state index contributed by atoms with van der Waals surface area (Å²) in [5.74, 6) is -1.29. The quantitative estimate of drug-likeness (QED) is 0.285. The molecule has 0 aromatic heterocycles. The van der Waals surface area contributed by atoms with Crippen LogP contribution in [0.1, 0.15) is 30.4 Å². The predicted octanol–water partition coefficient (Wildman–Crippen LogP) is 6.22. The van der Waals surface area contributed by atoms with Crippen LogP contribution in [0.15, 0.2) is 35.5 Å². The lowest BCUT2D eigenvalue weighted by molar-refractivity contribution is -0.275. The second-order valence-electron chi connectivity index (χ2n) is 7.47. The average Bonchev–Trinajstić information content (AvgIpc) is 3.48. The minimum atomic E-state index is -4.92. The highest BCUT2D eigenvalue weighted by Gasteiger charge is 2.62. The molecule has 1 atom stereocenters. The molecule has 0 unspecified atom stereocenters. The van der Waals surface area contributed by atoms with E-state index in [-0.39, 0.29) is 33.8 Å². The van der Waals surface area contributed by atoms with Gasteiger partial charge in [0.1, 0.15) is 0 Å². The van der Waals surface area contributed by atoms with Crippen LogP contribution in [0.4, 0.5) is 23.2 Å². The Bertz CT molecular complexity index is 1100. The summed E-state index contributed by atoms with van der Waals surface area (Å²) < 4.78 is 56.2. The van der Waals surface area contributed by atoms with Gasteiger partial charge in [-0.1, -0.05) is 46.0 Å². The molecule has 1 aliphatic carbocycles. The van der Waals surface area contributed by atoms with Crippen molar-refractivity contribution in [3.63, 3.8) is 0 Å². The summed E-state index contributed by atoms with van der Waals surface area (Å²) in [7, 11) is 0. The van der Waals surface area contributed by atoms with E-state index in [1.807, 2.05) is 0 Å². The van der Waals surface area contributed by atoms with Crippen molar-refractivity contribution < 1.29 is 27.2 Å². The summed E-state index contributed by atoms with van der Waals surface area (Å²) in [5.41, 5.74) is 2.32. The highest BCUT2D eigenvalue weighted by molar-refractivity contribution is 6.35. The molecule has 1 fully saturated rings. The highest BCUT2D eigenvalue weighted by Crippen LogP contribution is 2.50. The first-order valence-electron chi connectivity index (χ1n) is 9.34. The molecular weight excluding hydrogens is 497 g/mol. The molecule has 0 radical (unpaired) electrons. The third-order valence-electron chi connectivity index (χ3n) is 5.20. The molecule has 1 amide bonds. The normalized spacial score (nSPS) is 20.5. The van der Waals surface area contributed by atoms with Gasteiger partial charge in [-0.25, -0.2) is 4.39 Å². The number of oxime groups is 1. The van der Waals surface area contributed by atoms with Gasteiger partial charge in [-0.15, -0.1) is 0 Å². The minimum absolute atomic E-state index is 0.0351. The number of hydrogen-bond acceptors (Lipinski definition) is 4. The van der Waals surface area contributed by atoms with Gasteiger partial charge in [-0.3, -0.25) is 15.6 Å². The summed E-state index contributed by atoms with van der Waals surface area (Å²) in [5, 5.41) is 2.74. The minimum Gasteiger partial charge on any atom is -0.374 e. The number of hydrazine groups is 1. The fourth-order valence-electron chi connectivity index (χ4n) is 3.22. The van der Waals surface area contributed by atoms with Crippen LogP contribution in [0.25, 0.3) is 0 Å². The molecule has 5 nitrogen and oxygen atoms in total. The summed E-state index contributed by atoms with van der Waals surface area (Å²) in [4.78, 5) is 16.7. The van der Waals surface area contributed by atoms with Gasteiger partial charge in [0, 0.05) is 23.5 Å². The zero-order valence-electron chi connectivity index (χ0n) is 16.0. The van der Waals surface area contributed by atoms with Crippen LogP contribution in [0.2, 0.25) is 15.1 Å². The molecule has 4 rings (SSSR count). The van der Waals surface area contributed by atoms with Crippen molar-refractivity contribution in [3.8, 4) is 0 Å². The summed E-state index contributed by atoms with van der Waals surface area (Å²) in [6, 6.07) is 5.99. The Hall–Kier alpha value is -2.23. The smallest absolute Gasteiger partial charge is 0.374 e. The number of carbonyl (C=O) groups excluding carboxylic acids is 1. The van der Waals surface area contributed by atoms with Crippen LogP contribution in [0.3, 0.4) is 0 Å².